The van der Waals surface area contributed by atoms with Gasteiger partial charge in [0.05, 0.1) is 0 Å². The molecule has 0 radical (unpaired) electrons. The van der Waals surface area contributed by atoms with Crippen molar-refractivity contribution in [3.8, 4) is 0 Å². The number of hydrogen-bond donors (Lipinski definition) is 3. The number of hydrogen-bond acceptors (Lipinski definition) is 7. The van der Waals surface area contributed by atoms with Gasteiger partial charge in [0.1, 0.15) is 5.82 Å². The molecule has 8 heteroatoms. The molecular formula is C30H51N7O. The maximum Gasteiger partial charge on any atom is 0.224 e. The fourth-order valence-electron chi connectivity index (χ4n) is 7.32. The van der Waals surface area contributed by atoms with Gasteiger partial charge in [-0.15, -0.1) is 0 Å². The summed E-state index contributed by atoms with van der Waals surface area (Å²) in [6, 6.07) is 3.46. The largest absolute Gasteiger partial charge is 0.356 e. The Labute approximate surface area is 230 Å². The molecule has 212 valence electrons. The number of carbonyl (C=O) groups is 1. The number of rotatable bonds is 9. The molecule has 8 nitrogen and oxygen atoms in total. The molecule has 4 heterocycles. The first kappa shape index (κ1) is 27.6. The Morgan fingerprint density at radius 2 is 1.68 bits per heavy atom. The van der Waals surface area contributed by atoms with Crippen molar-refractivity contribution in [2.24, 2.45) is 5.92 Å². The van der Waals surface area contributed by atoms with Gasteiger partial charge < -0.3 is 20.9 Å². The van der Waals surface area contributed by atoms with E-state index in [1.165, 1.54) is 70.8 Å². The van der Waals surface area contributed by atoms with Crippen molar-refractivity contribution < 1.29 is 4.79 Å². The second-order valence-electron chi connectivity index (χ2n) is 12.2. The molecule has 0 aromatic carbocycles. The van der Waals surface area contributed by atoms with Crippen LogP contribution in [0.15, 0.2) is 12.3 Å². The smallest absolute Gasteiger partial charge is 0.224 e. The summed E-state index contributed by atoms with van der Waals surface area (Å²) >= 11 is 0. The first-order chi connectivity index (χ1) is 18.8. The second kappa shape index (κ2) is 14.5. The normalized spacial score (nSPS) is 26.6. The highest BCUT2D eigenvalue weighted by atomic mass is 16.1. The number of amides is 1. The van der Waals surface area contributed by atoms with Gasteiger partial charge in [0, 0.05) is 50.4 Å². The lowest BCUT2D eigenvalue weighted by Crippen LogP contribution is -2.56. The van der Waals surface area contributed by atoms with Crippen molar-refractivity contribution in [1.29, 1.82) is 0 Å². The fraction of sp³-hybridized carbons (Fsp3) is 0.833. The van der Waals surface area contributed by atoms with Crippen LogP contribution in [0.1, 0.15) is 96.3 Å². The monoisotopic (exact) mass is 525 g/mol. The minimum Gasteiger partial charge on any atom is -0.356 e. The molecule has 0 spiro atoms. The third kappa shape index (κ3) is 7.81. The van der Waals surface area contributed by atoms with Crippen molar-refractivity contribution in [1.82, 2.24) is 25.5 Å². The zero-order chi connectivity index (χ0) is 26.0. The van der Waals surface area contributed by atoms with Gasteiger partial charge in [-0.3, -0.25) is 9.69 Å². The topological polar surface area (TPSA) is 85.4 Å². The van der Waals surface area contributed by atoms with Crippen LogP contribution in [0.3, 0.4) is 0 Å². The van der Waals surface area contributed by atoms with E-state index in [0.29, 0.717) is 30.5 Å². The summed E-state index contributed by atoms with van der Waals surface area (Å²) in [4.78, 5) is 27.6. The zero-order valence-corrected chi connectivity index (χ0v) is 23.5. The van der Waals surface area contributed by atoms with E-state index in [-0.39, 0.29) is 5.91 Å². The van der Waals surface area contributed by atoms with Gasteiger partial charge >= 0.3 is 0 Å². The number of likely N-dealkylation sites (tertiary alicyclic amines) is 1. The van der Waals surface area contributed by atoms with Gasteiger partial charge in [0.25, 0.3) is 0 Å². The van der Waals surface area contributed by atoms with E-state index >= 15 is 0 Å². The molecule has 5 rings (SSSR count). The number of piperidine rings is 2. The second-order valence-corrected chi connectivity index (χ2v) is 12.2. The molecule has 4 fully saturated rings. The average molecular weight is 526 g/mol. The molecule has 1 amide bonds. The summed E-state index contributed by atoms with van der Waals surface area (Å²) < 4.78 is 0. The third-order valence-corrected chi connectivity index (χ3v) is 9.45. The van der Waals surface area contributed by atoms with E-state index in [1.54, 1.807) is 0 Å². The van der Waals surface area contributed by atoms with Gasteiger partial charge in [0.2, 0.25) is 11.9 Å². The SMILES string of the molecule is O=C(CC1CCNCC1)NCCC1C(Nc2nccc(N3CCCCCC3)n2)CCCN1C1CCCCC1. The molecule has 4 aliphatic rings. The van der Waals surface area contributed by atoms with Crippen LogP contribution >= 0.6 is 0 Å². The molecule has 1 aromatic heterocycles. The van der Waals surface area contributed by atoms with Gasteiger partial charge in [-0.2, -0.15) is 4.98 Å². The van der Waals surface area contributed by atoms with Crippen molar-refractivity contribution in [3.05, 3.63) is 12.3 Å². The van der Waals surface area contributed by atoms with Crippen LogP contribution in [0.4, 0.5) is 11.8 Å². The third-order valence-electron chi connectivity index (χ3n) is 9.45. The predicted octanol–water partition coefficient (Wildman–Crippen LogP) is 4.33. The summed E-state index contributed by atoms with van der Waals surface area (Å²) in [5.41, 5.74) is 0. The lowest BCUT2D eigenvalue weighted by molar-refractivity contribution is -0.122. The number of aromatic nitrogens is 2. The molecule has 1 aromatic rings. The zero-order valence-electron chi connectivity index (χ0n) is 23.5. The standard InChI is InChI=1S/C30H51N7O/c38-29(23-24-12-16-31-17-13-24)32-18-14-27-26(11-8-22-37(27)25-9-4-3-5-10-25)34-30-33-19-15-28(35-30)36-20-6-1-2-7-21-36/h15,19,24-27,31H,1-14,16-18,20-23H2,(H,32,38)(H,33,34,35). The van der Waals surface area contributed by atoms with Gasteiger partial charge in [-0.25, -0.2) is 4.98 Å². The van der Waals surface area contributed by atoms with E-state index in [9.17, 15) is 4.79 Å². The van der Waals surface area contributed by atoms with Crippen LogP contribution in [0.25, 0.3) is 0 Å². The summed E-state index contributed by atoms with van der Waals surface area (Å²) in [5, 5.41) is 10.5. The lowest BCUT2D eigenvalue weighted by atomic mass is 9.87. The average Bonchev–Trinajstić information content (AvgIpc) is 3.25. The summed E-state index contributed by atoms with van der Waals surface area (Å²) in [6.07, 6.45) is 20.0. The van der Waals surface area contributed by atoms with Crippen LogP contribution in [-0.2, 0) is 4.79 Å². The molecule has 2 atom stereocenters. The van der Waals surface area contributed by atoms with Gasteiger partial charge in [0.15, 0.2) is 0 Å². The molecule has 3 saturated heterocycles. The van der Waals surface area contributed by atoms with Crippen molar-refractivity contribution in [2.45, 2.75) is 114 Å². The van der Waals surface area contributed by atoms with Crippen molar-refractivity contribution >= 4 is 17.7 Å². The Bertz CT molecular complexity index is 847. The first-order valence-electron chi connectivity index (χ1n) is 15.8. The highest BCUT2D eigenvalue weighted by Crippen LogP contribution is 2.31. The first-order valence-corrected chi connectivity index (χ1v) is 15.8. The van der Waals surface area contributed by atoms with E-state index < -0.39 is 0 Å². The molecule has 1 aliphatic carbocycles. The molecule has 3 aliphatic heterocycles. The van der Waals surface area contributed by atoms with E-state index in [2.05, 4.69) is 36.8 Å². The Hall–Kier alpha value is -1.93. The highest BCUT2D eigenvalue weighted by Gasteiger charge is 2.36. The number of nitrogens with zero attached hydrogens (tertiary/aromatic N) is 4. The Morgan fingerprint density at radius 3 is 2.47 bits per heavy atom. The number of nitrogens with one attached hydrogen (secondary N) is 3. The molecule has 3 N–H and O–H groups in total. The number of carbonyl (C=O) groups excluding carboxylic acids is 1. The Kier molecular flexibility index (Phi) is 10.5. The molecule has 1 saturated carbocycles. The maximum absolute atomic E-state index is 12.7. The minimum atomic E-state index is 0.231. The van der Waals surface area contributed by atoms with Crippen molar-refractivity contribution in [3.63, 3.8) is 0 Å². The Morgan fingerprint density at radius 1 is 0.921 bits per heavy atom. The summed E-state index contributed by atoms with van der Waals surface area (Å²) in [7, 11) is 0. The van der Waals surface area contributed by atoms with Crippen LogP contribution < -0.4 is 20.9 Å². The Balaban J connectivity index is 1.22. The number of anilines is 2. The molecule has 2 unspecified atom stereocenters. The van der Waals surface area contributed by atoms with Crippen molar-refractivity contribution in [2.75, 3.05) is 49.5 Å². The van der Waals surface area contributed by atoms with Gasteiger partial charge in [-0.05, 0) is 89.4 Å². The van der Waals surface area contributed by atoms with Crippen LogP contribution in [0.2, 0.25) is 0 Å². The lowest BCUT2D eigenvalue weighted by Gasteiger charge is -2.47. The molecular weight excluding hydrogens is 474 g/mol. The molecule has 38 heavy (non-hydrogen) atoms. The van der Waals surface area contributed by atoms with E-state index in [0.717, 1.165) is 70.2 Å². The van der Waals surface area contributed by atoms with Crippen LogP contribution in [-0.4, -0.2) is 78.2 Å². The van der Waals surface area contributed by atoms with Crippen LogP contribution in [0, 0.1) is 5.92 Å². The minimum absolute atomic E-state index is 0.231. The summed E-state index contributed by atoms with van der Waals surface area (Å²) in [5.74, 6) is 2.59. The van der Waals surface area contributed by atoms with Gasteiger partial charge in [-0.1, -0.05) is 32.1 Å². The summed E-state index contributed by atoms with van der Waals surface area (Å²) in [6.45, 7) is 6.20. The molecule has 0 bridgehead atoms. The highest BCUT2D eigenvalue weighted by molar-refractivity contribution is 5.76. The van der Waals surface area contributed by atoms with E-state index in [4.69, 9.17) is 4.98 Å². The van der Waals surface area contributed by atoms with Crippen LogP contribution in [0.5, 0.6) is 0 Å². The maximum atomic E-state index is 12.7. The van der Waals surface area contributed by atoms with E-state index in [1.807, 2.05) is 6.20 Å². The predicted molar refractivity (Wildman–Crippen MR) is 155 cm³/mol. The quantitative estimate of drug-likeness (QED) is 0.442. The fourth-order valence-corrected chi connectivity index (χ4v) is 7.32.